The highest BCUT2D eigenvalue weighted by molar-refractivity contribution is 5.81. The van der Waals surface area contributed by atoms with Crippen molar-refractivity contribution in [2.75, 3.05) is 13.6 Å². The lowest BCUT2D eigenvalue weighted by Gasteiger charge is -2.30. The lowest BCUT2D eigenvalue weighted by molar-refractivity contribution is -0.123. The van der Waals surface area contributed by atoms with Crippen LogP contribution in [0.4, 0.5) is 4.39 Å². The first kappa shape index (κ1) is 13.0. The van der Waals surface area contributed by atoms with Gasteiger partial charge in [0.1, 0.15) is 5.82 Å². The molecule has 0 aromatic heterocycles. The standard InChI is InChI=1S/C14H19FN2O/c1-9-7-11(15)3-4-12(9)10-5-6-17-13(8-10)14(18)16-2/h3-4,7,10,13,17H,5-6,8H2,1-2H3,(H,16,18). The Kier molecular flexibility index (Phi) is 3.97. The van der Waals surface area contributed by atoms with Gasteiger partial charge < -0.3 is 10.6 Å². The second-order valence-electron chi connectivity index (χ2n) is 4.84. The van der Waals surface area contributed by atoms with Crippen LogP contribution in [0.2, 0.25) is 0 Å². The van der Waals surface area contributed by atoms with Crippen molar-refractivity contribution >= 4 is 5.91 Å². The van der Waals surface area contributed by atoms with Gasteiger partial charge in [-0.25, -0.2) is 4.39 Å². The molecule has 1 fully saturated rings. The van der Waals surface area contributed by atoms with Crippen LogP contribution in [0.15, 0.2) is 18.2 Å². The van der Waals surface area contributed by atoms with Crippen molar-refractivity contribution in [1.82, 2.24) is 10.6 Å². The Morgan fingerprint density at radius 1 is 1.50 bits per heavy atom. The molecule has 0 aliphatic carbocycles. The smallest absolute Gasteiger partial charge is 0.236 e. The first-order valence-corrected chi connectivity index (χ1v) is 6.33. The number of piperidine rings is 1. The van der Waals surface area contributed by atoms with Gasteiger partial charge in [0.25, 0.3) is 0 Å². The first-order chi connectivity index (χ1) is 8.61. The summed E-state index contributed by atoms with van der Waals surface area (Å²) in [7, 11) is 1.65. The molecule has 0 spiro atoms. The number of nitrogens with one attached hydrogen (secondary N) is 2. The summed E-state index contributed by atoms with van der Waals surface area (Å²) < 4.78 is 13.1. The van der Waals surface area contributed by atoms with Crippen molar-refractivity contribution in [2.45, 2.75) is 31.7 Å². The fourth-order valence-electron chi connectivity index (χ4n) is 2.67. The summed E-state index contributed by atoms with van der Waals surface area (Å²) in [4.78, 5) is 11.6. The van der Waals surface area contributed by atoms with Gasteiger partial charge in [0.2, 0.25) is 5.91 Å². The van der Waals surface area contributed by atoms with E-state index in [2.05, 4.69) is 10.6 Å². The molecule has 1 aromatic carbocycles. The van der Waals surface area contributed by atoms with Gasteiger partial charge in [0.15, 0.2) is 0 Å². The van der Waals surface area contributed by atoms with E-state index in [0.717, 1.165) is 30.5 Å². The largest absolute Gasteiger partial charge is 0.358 e. The Bertz CT molecular complexity index is 447. The molecule has 1 aliphatic rings. The summed E-state index contributed by atoms with van der Waals surface area (Å²) in [5.41, 5.74) is 2.13. The molecule has 0 saturated carbocycles. The first-order valence-electron chi connectivity index (χ1n) is 6.33. The van der Waals surface area contributed by atoms with Crippen LogP contribution in [-0.2, 0) is 4.79 Å². The number of amides is 1. The van der Waals surface area contributed by atoms with Crippen molar-refractivity contribution in [2.24, 2.45) is 0 Å². The molecule has 1 heterocycles. The minimum Gasteiger partial charge on any atom is -0.358 e. The van der Waals surface area contributed by atoms with Gasteiger partial charge in [-0.3, -0.25) is 4.79 Å². The van der Waals surface area contributed by atoms with E-state index in [1.807, 2.05) is 13.0 Å². The molecule has 1 saturated heterocycles. The monoisotopic (exact) mass is 250 g/mol. The van der Waals surface area contributed by atoms with E-state index in [1.54, 1.807) is 13.1 Å². The minimum atomic E-state index is -0.201. The van der Waals surface area contributed by atoms with Crippen molar-refractivity contribution in [3.63, 3.8) is 0 Å². The van der Waals surface area contributed by atoms with Crippen LogP contribution in [0.3, 0.4) is 0 Å². The lowest BCUT2D eigenvalue weighted by atomic mass is 9.84. The molecular formula is C14H19FN2O. The van der Waals surface area contributed by atoms with Crippen LogP contribution >= 0.6 is 0 Å². The Morgan fingerprint density at radius 3 is 2.94 bits per heavy atom. The fraction of sp³-hybridized carbons (Fsp3) is 0.500. The highest BCUT2D eigenvalue weighted by Crippen LogP contribution is 2.30. The zero-order valence-corrected chi connectivity index (χ0v) is 10.8. The lowest BCUT2D eigenvalue weighted by Crippen LogP contribution is -2.47. The van der Waals surface area contributed by atoms with Crippen molar-refractivity contribution in [1.29, 1.82) is 0 Å². The van der Waals surface area contributed by atoms with Crippen molar-refractivity contribution < 1.29 is 9.18 Å². The number of benzene rings is 1. The van der Waals surface area contributed by atoms with Crippen LogP contribution in [0.25, 0.3) is 0 Å². The number of halogens is 1. The van der Waals surface area contributed by atoms with Gasteiger partial charge in [-0.05, 0) is 55.5 Å². The topological polar surface area (TPSA) is 41.1 Å². The SMILES string of the molecule is CNC(=O)C1CC(c2ccc(F)cc2C)CCN1. The molecule has 0 bridgehead atoms. The van der Waals surface area contributed by atoms with Gasteiger partial charge in [-0.15, -0.1) is 0 Å². The number of aryl methyl sites for hydroxylation is 1. The molecule has 1 aliphatic heterocycles. The number of carbonyl (C=O) groups is 1. The second kappa shape index (κ2) is 5.48. The molecule has 4 heteroatoms. The third-order valence-electron chi connectivity index (χ3n) is 3.64. The van der Waals surface area contributed by atoms with E-state index < -0.39 is 0 Å². The molecular weight excluding hydrogens is 231 g/mol. The Labute approximate surface area is 107 Å². The Balaban J connectivity index is 2.15. The number of hydrogen-bond donors (Lipinski definition) is 2. The van der Waals surface area contributed by atoms with Crippen LogP contribution in [0.5, 0.6) is 0 Å². The summed E-state index contributed by atoms with van der Waals surface area (Å²) >= 11 is 0. The molecule has 1 aromatic rings. The maximum Gasteiger partial charge on any atom is 0.236 e. The third-order valence-corrected chi connectivity index (χ3v) is 3.64. The maximum absolute atomic E-state index is 13.1. The summed E-state index contributed by atoms with van der Waals surface area (Å²) in [5.74, 6) is 0.154. The van der Waals surface area contributed by atoms with E-state index in [1.165, 1.54) is 6.07 Å². The van der Waals surface area contributed by atoms with Gasteiger partial charge in [-0.1, -0.05) is 6.07 Å². The Hall–Kier alpha value is -1.42. The van der Waals surface area contributed by atoms with E-state index in [-0.39, 0.29) is 17.8 Å². The van der Waals surface area contributed by atoms with Gasteiger partial charge >= 0.3 is 0 Å². The third kappa shape index (κ3) is 2.70. The van der Waals surface area contributed by atoms with E-state index in [9.17, 15) is 9.18 Å². The average Bonchev–Trinajstić information content (AvgIpc) is 2.38. The molecule has 2 unspecified atom stereocenters. The Morgan fingerprint density at radius 2 is 2.28 bits per heavy atom. The van der Waals surface area contributed by atoms with Crippen LogP contribution in [0, 0.1) is 12.7 Å². The molecule has 0 radical (unpaired) electrons. The quantitative estimate of drug-likeness (QED) is 0.839. The van der Waals surface area contributed by atoms with Crippen LogP contribution < -0.4 is 10.6 Å². The predicted molar refractivity (Wildman–Crippen MR) is 69.0 cm³/mol. The maximum atomic E-state index is 13.1. The summed E-state index contributed by atoms with van der Waals surface area (Å²) in [6.45, 7) is 2.74. The number of rotatable bonds is 2. The van der Waals surface area contributed by atoms with E-state index in [0.29, 0.717) is 5.92 Å². The summed E-state index contributed by atoms with van der Waals surface area (Å²) in [5, 5.41) is 5.88. The molecule has 2 atom stereocenters. The minimum absolute atomic E-state index is 0.0273. The van der Waals surface area contributed by atoms with Gasteiger partial charge in [0, 0.05) is 7.05 Å². The van der Waals surface area contributed by atoms with Gasteiger partial charge in [-0.2, -0.15) is 0 Å². The predicted octanol–water partition coefficient (Wildman–Crippen LogP) is 1.72. The van der Waals surface area contributed by atoms with E-state index >= 15 is 0 Å². The fourth-order valence-corrected chi connectivity index (χ4v) is 2.67. The molecule has 98 valence electrons. The number of carbonyl (C=O) groups excluding carboxylic acids is 1. The van der Waals surface area contributed by atoms with Gasteiger partial charge in [0.05, 0.1) is 6.04 Å². The van der Waals surface area contributed by atoms with Crippen LogP contribution in [0.1, 0.15) is 29.9 Å². The van der Waals surface area contributed by atoms with Crippen molar-refractivity contribution in [3.05, 3.63) is 35.1 Å². The summed E-state index contributed by atoms with van der Waals surface area (Å²) in [6, 6.07) is 4.77. The second-order valence-corrected chi connectivity index (χ2v) is 4.84. The highest BCUT2D eigenvalue weighted by Gasteiger charge is 2.27. The molecule has 2 N–H and O–H groups in total. The highest BCUT2D eigenvalue weighted by atomic mass is 19.1. The molecule has 2 rings (SSSR count). The molecule has 18 heavy (non-hydrogen) atoms. The number of likely N-dealkylation sites (N-methyl/N-ethyl adjacent to an activating group) is 1. The van der Waals surface area contributed by atoms with E-state index in [4.69, 9.17) is 0 Å². The van der Waals surface area contributed by atoms with Crippen molar-refractivity contribution in [3.8, 4) is 0 Å². The van der Waals surface area contributed by atoms with Crippen LogP contribution in [-0.4, -0.2) is 25.5 Å². The summed E-state index contributed by atoms with van der Waals surface area (Å²) in [6.07, 6.45) is 1.76. The molecule has 1 amide bonds. The normalized spacial score (nSPS) is 23.7. The zero-order chi connectivity index (χ0) is 13.1. The molecule has 3 nitrogen and oxygen atoms in total. The average molecular weight is 250 g/mol. The number of hydrogen-bond acceptors (Lipinski definition) is 2. The zero-order valence-electron chi connectivity index (χ0n) is 10.8.